The minimum absolute atomic E-state index is 0.0370. The maximum atomic E-state index is 12.9. The van der Waals surface area contributed by atoms with E-state index < -0.39 is 0 Å². The van der Waals surface area contributed by atoms with Crippen molar-refractivity contribution in [1.82, 2.24) is 20.0 Å². The zero-order chi connectivity index (χ0) is 24.8. The number of hydrogen-bond acceptors (Lipinski definition) is 3. The summed E-state index contributed by atoms with van der Waals surface area (Å²) >= 11 is 0. The predicted molar refractivity (Wildman–Crippen MR) is 142 cm³/mol. The molecule has 2 fully saturated rings. The summed E-state index contributed by atoms with van der Waals surface area (Å²) in [7, 11) is 2.15. The van der Waals surface area contributed by atoms with Crippen molar-refractivity contribution in [3.63, 3.8) is 0 Å². The minimum Gasteiger partial charge on any atom is -0.383 e. The van der Waals surface area contributed by atoms with Crippen LogP contribution in [0, 0.1) is 5.82 Å². The van der Waals surface area contributed by atoms with Crippen LogP contribution in [0.1, 0.15) is 37.2 Å². The van der Waals surface area contributed by atoms with Gasteiger partial charge in [0, 0.05) is 30.7 Å². The average Bonchev–Trinajstić information content (AvgIpc) is 3.38. The molecular formula is C29H39FN4. The molecule has 1 aromatic carbocycles. The first-order chi connectivity index (χ1) is 16.5. The molecule has 0 bridgehead atoms. The zero-order valence-corrected chi connectivity index (χ0v) is 20.5. The number of likely N-dealkylation sites (N-methyl/N-ethyl adjacent to an activating group) is 1. The topological polar surface area (TPSA) is 33.1 Å². The number of likely N-dealkylation sites (tertiary alicyclic amines) is 1. The highest BCUT2D eigenvalue weighted by Crippen LogP contribution is 2.40. The summed E-state index contributed by atoms with van der Waals surface area (Å²) in [5, 5.41) is 7.32. The molecule has 2 aliphatic rings. The Labute approximate surface area is 204 Å². The van der Waals surface area contributed by atoms with Gasteiger partial charge in [-0.25, -0.2) is 4.39 Å². The molecule has 0 amide bonds. The molecule has 2 aromatic rings. The van der Waals surface area contributed by atoms with Crippen molar-refractivity contribution in [2.24, 2.45) is 0 Å². The van der Waals surface area contributed by atoms with Gasteiger partial charge in [-0.05, 0) is 68.5 Å². The van der Waals surface area contributed by atoms with Crippen molar-refractivity contribution >= 4 is 0 Å². The molecule has 1 unspecified atom stereocenters. The van der Waals surface area contributed by atoms with Crippen molar-refractivity contribution in [3.05, 3.63) is 116 Å². The third kappa shape index (κ3) is 9.36. The van der Waals surface area contributed by atoms with E-state index in [1.54, 1.807) is 18.3 Å². The molecular weight excluding hydrogens is 423 g/mol. The van der Waals surface area contributed by atoms with Gasteiger partial charge >= 0.3 is 0 Å². The van der Waals surface area contributed by atoms with Crippen molar-refractivity contribution in [3.8, 4) is 0 Å². The Morgan fingerprint density at radius 2 is 1.94 bits per heavy atom. The number of aromatic nitrogens is 2. The number of hydrogen-bond donors (Lipinski definition) is 1. The van der Waals surface area contributed by atoms with Crippen molar-refractivity contribution in [2.75, 3.05) is 20.1 Å². The molecule has 0 radical (unpaired) electrons. The zero-order valence-electron chi connectivity index (χ0n) is 20.5. The highest BCUT2D eigenvalue weighted by Gasteiger charge is 2.25. The summed E-state index contributed by atoms with van der Waals surface area (Å²) < 4.78 is 14.7. The van der Waals surface area contributed by atoms with E-state index >= 15 is 0 Å². The number of rotatable bonds is 9. The van der Waals surface area contributed by atoms with Gasteiger partial charge in [-0.2, -0.15) is 5.10 Å². The van der Waals surface area contributed by atoms with Gasteiger partial charge in [0.1, 0.15) is 5.82 Å². The van der Waals surface area contributed by atoms with Crippen LogP contribution in [0.2, 0.25) is 0 Å². The van der Waals surface area contributed by atoms with E-state index in [0.29, 0.717) is 12.0 Å². The molecule has 1 saturated heterocycles. The van der Waals surface area contributed by atoms with E-state index in [4.69, 9.17) is 0 Å². The Morgan fingerprint density at radius 1 is 1.18 bits per heavy atom. The summed E-state index contributed by atoms with van der Waals surface area (Å²) in [5.41, 5.74) is 3.15. The minimum atomic E-state index is -0.0370. The highest BCUT2D eigenvalue weighted by atomic mass is 19.1. The molecule has 1 aromatic heterocycles. The highest BCUT2D eigenvalue weighted by molar-refractivity contribution is 5.25. The quantitative estimate of drug-likeness (QED) is 0.353. The molecule has 4 rings (SSSR count). The normalized spacial score (nSPS) is 17.5. The van der Waals surface area contributed by atoms with E-state index in [1.807, 2.05) is 47.3 Å². The van der Waals surface area contributed by atoms with Crippen molar-refractivity contribution < 1.29 is 4.39 Å². The maximum Gasteiger partial charge on any atom is 0.126 e. The fourth-order valence-corrected chi connectivity index (χ4v) is 3.78. The number of allylic oxidation sites excluding steroid dienone is 3. The Morgan fingerprint density at radius 3 is 2.47 bits per heavy atom. The third-order valence-corrected chi connectivity index (χ3v) is 5.83. The third-order valence-electron chi connectivity index (χ3n) is 5.83. The van der Waals surface area contributed by atoms with E-state index in [0.717, 1.165) is 29.9 Å². The summed E-state index contributed by atoms with van der Waals surface area (Å²) in [6.45, 7) is 17.9. The van der Waals surface area contributed by atoms with E-state index in [1.165, 1.54) is 38.3 Å². The van der Waals surface area contributed by atoms with E-state index in [9.17, 15) is 4.39 Å². The number of nitrogens with one attached hydrogen (secondary N) is 1. The monoisotopic (exact) mass is 462 g/mol. The molecule has 0 spiro atoms. The summed E-state index contributed by atoms with van der Waals surface area (Å²) in [6.07, 6.45) is 15.9. The maximum absolute atomic E-state index is 12.9. The molecule has 1 N–H and O–H groups in total. The van der Waals surface area contributed by atoms with Crippen LogP contribution < -0.4 is 5.32 Å². The molecule has 5 heteroatoms. The first-order valence-electron chi connectivity index (χ1n) is 11.9. The largest absolute Gasteiger partial charge is 0.383 e. The molecule has 1 saturated carbocycles. The summed E-state index contributed by atoms with van der Waals surface area (Å²) in [6, 6.07) is 9.43. The van der Waals surface area contributed by atoms with Crippen molar-refractivity contribution in [1.29, 1.82) is 0 Å². The fraction of sp³-hybridized carbons (Fsp3) is 0.345. The van der Waals surface area contributed by atoms with Gasteiger partial charge in [0.25, 0.3) is 0 Å². The lowest BCUT2D eigenvalue weighted by Crippen LogP contribution is -2.33. The van der Waals surface area contributed by atoms with Crippen LogP contribution in [0.3, 0.4) is 0 Å². The van der Waals surface area contributed by atoms with Gasteiger partial charge in [0.15, 0.2) is 0 Å². The standard InChI is InChI=1S/C14H22N2.C9H9F.C6H8N2/c1-5-8-13(6-2)11-15-12(3)14-9-7-10-16(14)4;10-9-4-2-1-3-8(9)7-5-6-7;1-2-5-8-6-3-4-7-8/h5-6,8,14-15H,1-3,7,9-11H2,4H3;1-4,7H,5-6H2;2-4,6H,1,5H2/b13-8+;;. The van der Waals surface area contributed by atoms with Crippen LogP contribution in [0.25, 0.3) is 0 Å². The Kier molecular flexibility index (Phi) is 11.8. The van der Waals surface area contributed by atoms with Gasteiger partial charge in [-0.15, -0.1) is 6.58 Å². The molecule has 1 atom stereocenters. The number of halogens is 1. The lowest BCUT2D eigenvalue weighted by atomic mass is 10.1. The van der Waals surface area contributed by atoms with Gasteiger partial charge in [-0.3, -0.25) is 9.58 Å². The van der Waals surface area contributed by atoms with Crippen LogP contribution in [0.4, 0.5) is 4.39 Å². The summed E-state index contributed by atoms with van der Waals surface area (Å²) in [4.78, 5) is 2.35. The fourth-order valence-electron chi connectivity index (χ4n) is 3.78. The molecule has 2 heterocycles. The molecule has 34 heavy (non-hydrogen) atoms. The van der Waals surface area contributed by atoms with E-state index in [-0.39, 0.29) is 5.82 Å². The van der Waals surface area contributed by atoms with Crippen LogP contribution >= 0.6 is 0 Å². The smallest absolute Gasteiger partial charge is 0.126 e. The first kappa shape index (κ1) is 27.1. The van der Waals surface area contributed by atoms with Gasteiger partial charge in [-0.1, -0.05) is 62.2 Å². The number of nitrogens with zero attached hydrogens (tertiary/aromatic N) is 3. The van der Waals surface area contributed by atoms with Crippen LogP contribution in [0.5, 0.6) is 0 Å². The second kappa shape index (κ2) is 14.9. The predicted octanol–water partition coefficient (Wildman–Crippen LogP) is 6.25. The number of benzene rings is 1. The molecule has 1 aliphatic carbocycles. The summed E-state index contributed by atoms with van der Waals surface area (Å²) in [5.74, 6) is 0.492. The molecule has 1 aliphatic heterocycles. The SMILES string of the molecule is C=C/C=C(\C=C)CNC(=C)C1CCCN1C.C=CCn1cccn1.Fc1ccccc1C1CC1. The average molecular weight is 463 g/mol. The second-order valence-electron chi connectivity index (χ2n) is 8.51. The molecule has 4 nitrogen and oxygen atoms in total. The van der Waals surface area contributed by atoms with Gasteiger partial charge in [0.2, 0.25) is 0 Å². The van der Waals surface area contributed by atoms with Crippen molar-refractivity contribution in [2.45, 2.75) is 44.2 Å². The van der Waals surface area contributed by atoms with Crippen LogP contribution in [-0.4, -0.2) is 40.9 Å². The first-order valence-corrected chi connectivity index (χ1v) is 11.9. The van der Waals surface area contributed by atoms with Crippen LogP contribution in [-0.2, 0) is 6.54 Å². The Hall–Kier alpha value is -3.18. The van der Waals surface area contributed by atoms with Gasteiger partial charge in [0.05, 0.1) is 6.54 Å². The Balaban J connectivity index is 0.000000193. The lowest BCUT2D eigenvalue weighted by molar-refractivity contribution is 0.335. The van der Waals surface area contributed by atoms with Gasteiger partial charge < -0.3 is 5.32 Å². The second-order valence-corrected chi connectivity index (χ2v) is 8.51. The van der Waals surface area contributed by atoms with E-state index in [2.05, 4.69) is 48.7 Å². The Bertz CT molecular complexity index is 941. The molecule has 182 valence electrons. The lowest BCUT2D eigenvalue weighted by Gasteiger charge is -2.23. The van der Waals surface area contributed by atoms with Crippen LogP contribution in [0.15, 0.2) is 105 Å².